The minimum absolute atomic E-state index is 0.160. The third-order valence-corrected chi connectivity index (χ3v) is 20.2. The summed E-state index contributed by atoms with van der Waals surface area (Å²) in [5, 5.41) is 194. The van der Waals surface area contributed by atoms with E-state index in [1.54, 1.807) is 0 Å². The molecular weight excluding hydrogens is 1360 g/mol. The Morgan fingerprint density at radius 3 is 1.47 bits per heavy atom. The molecular formula is C70H126N2O31. The van der Waals surface area contributed by atoms with E-state index in [1.807, 2.05) is 0 Å². The van der Waals surface area contributed by atoms with Crippen molar-refractivity contribution < 1.29 is 153 Å². The lowest BCUT2D eigenvalue weighted by molar-refractivity contribution is -0.406. The Morgan fingerprint density at radius 2 is 0.951 bits per heavy atom. The first-order chi connectivity index (χ1) is 49.3. The molecule has 33 nitrogen and oxygen atoms in total. The summed E-state index contributed by atoms with van der Waals surface area (Å²) in [7, 11) is 0. The maximum atomic E-state index is 13.8. The molecule has 0 bridgehead atoms. The molecule has 0 aliphatic carbocycles. The Labute approximate surface area is 603 Å². The van der Waals surface area contributed by atoms with Gasteiger partial charge in [0.2, 0.25) is 11.8 Å². The van der Waals surface area contributed by atoms with Gasteiger partial charge in [0.15, 0.2) is 25.2 Å². The molecule has 602 valence electrons. The van der Waals surface area contributed by atoms with Gasteiger partial charge in [0.1, 0.15) is 110 Å². The maximum absolute atomic E-state index is 13.8. The quantitative estimate of drug-likeness (QED) is 0.0315. The minimum Gasteiger partial charge on any atom is -0.477 e. The monoisotopic (exact) mass is 1490 g/mol. The van der Waals surface area contributed by atoms with Crippen LogP contribution in [0.2, 0.25) is 0 Å². The molecule has 5 fully saturated rings. The number of carboxylic acid groups (broad SMARTS) is 1. The molecule has 28 atom stereocenters. The number of carbonyl (C=O) groups is 4. The number of rotatable bonds is 50. The topological polar surface area (TPSA) is 529 Å². The largest absolute Gasteiger partial charge is 0.477 e. The summed E-state index contributed by atoms with van der Waals surface area (Å²) in [5.41, 5.74) is 0. The first kappa shape index (κ1) is 90.7. The molecule has 33 heteroatoms. The Bertz CT molecular complexity index is 2370. The number of Topliss-reactive ketones (excluding diaryl/α,β-unsaturated/α-hetero) is 1. The van der Waals surface area contributed by atoms with Crippen LogP contribution >= 0.6 is 0 Å². The van der Waals surface area contributed by atoms with E-state index >= 15 is 0 Å². The van der Waals surface area contributed by atoms with E-state index in [1.165, 1.54) is 77.0 Å². The summed E-state index contributed by atoms with van der Waals surface area (Å²) in [6, 6.07) is -2.80. The molecule has 0 spiro atoms. The van der Waals surface area contributed by atoms with Crippen LogP contribution in [0.3, 0.4) is 0 Å². The molecule has 0 radical (unpaired) electrons. The summed E-state index contributed by atoms with van der Waals surface area (Å²) >= 11 is 0. The van der Waals surface area contributed by atoms with Crippen LogP contribution in [0.1, 0.15) is 207 Å². The average molecular weight is 1490 g/mol. The van der Waals surface area contributed by atoms with Gasteiger partial charge < -0.3 is 150 Å². The predicted molar refractivity (Wildman–Crippen MR) is 361 cm³/mol. The second kappa shape index (κ2) is 47.2. The van der Waals surface area contributed by atoms with Crippen LogP contribution in [0.5, 0.6) is 0 Å². The molecule has 0 aromatic rings. The molecule has 19 N–H and O–H groups in total. The summed E-state index contributed by atoms with van der Waals surface area (Å²) in [5.74, 6) is -9.03. The molecule has 103 heavy (non-hydrogen) atoms. The maximum Gasteiger partial charge on any atom is 0.364 e. The Hall–Kier alpha value is -2.96. The standard InChI is InChI=1S/C70H126N2O31/c1-5-7-9-11-13-15-17-18-20-21-23-25-27-29-43(80)42(72-50(83)30-28-26-24-22-19-16-14-12-10-8-6-2)38-94-66-58(90)56(88)61(48(36-76)97-66)100-68-59(91)64(103-70(69(92)93)32-44(81)51(71-40(4)79)63(102-70)52(84)45(82)33-73)62(49(37-77)98-68)101-65-41(31-39(3)78)60(54(86)47(35-75)95-65)99-67-57(89)55(87)53(85)46(34-74)96-67/h41-49,51-68,73-77,80-82,84-91H,5-38H2,1-4H3,(H,71,79)(H,72,83)(H,92,93)/t41-,42+,43-,44+,45-,46-,47-,48-,49-,51-,52-,53+,54+,55+,56-,57-,58-,59-,60-,61-,62+,63?,64-,65+,66-,67+,68+,70+/m1/s1. The fraction of sp³-hybridized carbons (Fsp3) is 0.943. The van der Waals surface area contributed by atoms with Gasteiger partial charge in [-0.3, -0.25) is 9.59 Å². The van der Waals surface area contributed by atoms with Gasteiger partial charge in [-0.15, -0.1) is 0 Å². The van der Waals surface area contributed by atoms with E-state index in [0.29, 0.717) is 12.8 Å². The summed E-state index contributed by atoms with van der Waals surface area (Å²) in [6.07, 6.45) is -23.7. The number of aliphatic hydroxyl groups excluding tert-OH is 16. The highest BCUT2D eigenvalue weighted by Gasteiger charge is 2.62. The number of hydrogen-bond acceptors (Lipinski definition) is 30. The highest BCUT2D eigenvalue weighted by molar-refractivity contribution is 5.77. The van der Waals surface area contributed by atoms with Crippen LogP contribution < -0.4 is 10.6 Å². The molecule has 5 aliphatic rings. The SMILES string of the molecule is CCCCCCCCCCCCCCC[C@@H](O)[C@H](CO[C@@H]1O[C@H](CO)[C@@H](O[C@@H]2O[C@H](CO)[C@H](O[C@@H]3O[C@H](CO)[C@H](O)[C@H](O[C@@H]4O[C@H](CO)[C@H](O)[C@H](O)[C@H]4O)[C@H]3CC(C)=O)[C@H](O[C@]3(C(=O)O)C[C@H](O)[C@@H](NC(C)=O)C([C@H](O)[C@H](O)CO)O3)[C@H]2O)[C@H](O)[C@H]1O)NC(=O)CCCCCCCCCCCCC. The van der Waals surface area contributed by atoms with Crippen molar-refractivity contribution in [2.45, 2.75) is 373 Å². The second-order valence-electron chi connectivity index (χ2n) is 28.6. The lowest BCUT2D eigenvalue weighted by Gasteiger charge is -2.52. The van der Waals surface area contributed by atoms with Crippen LogP contribution in [-0.4, -0.2) is 315 Å². The van der Waals surface area contributed by atoms with E-state index in [-0.39, 0.29) is 18.7 Å². The number of carbonyl (C=O) groups excluding carboxylic acids is 3. The zero-order valence-corrected chi connectivity index (χ0v) is 60.4. The molecule has 0 aromatic heterocycles. The van der Waals surface area contributed by atoms with E-state index < -0.39 is 241 Å². The van der Waals surface area contributed by atoms with Crippen LogP contribution in [0.4, 0.5) is 0 Å². The van der Waals surface area contributed by atoms with E-state index in [9.17, 15) is 106 Å². The number of unbranched alkanes of at least 4 members (excludes halogenated alkanes) is 22. The first-order valence-corrected chi connectivity index (χ1v) is 37.6. The Balaban J connectivity index is 1.42. The van der Waals surface area contributed by atoms with Crippen LogP contribution in [0.15, 0.2) is 0 Å². The highest BCUT2D eigenvalue weighted by atomic mass is 16.8. The van der Waals surface area contributed by atoms with Gasteiger partial charge in [-0.2, -0.15) is 0 Å². The van der Waals surface area contributed by atoms with Gasteiger partial charge in [0, 0.05) is 32.1 Å². The number of amides is 2. The average Bonchev–Trinajstić information content (AvgIpc) is 0.747. The van der Waals surface area contributed by atoms with Gasteiger partial charge in [0.25, 0.3) is 5.79 Å². The fourth-order valence-corrected chi connectivity index (χ4v) is 14.2. The lowest BCUT2D eigenvalue weighted by Crippen LogP contribution is -2.71. The number of ketones is 1. The summed E-state index contributed by atoms with van der Waals surface area (Å²) in [4.78, 5) is 53.0. The van der Waals surface area contributed by atoms with Crippen molar-refractivity contribution in [2.24, 2.45) is 5.92 Å². The van der Waals surface area contributed by atoms with Crippen molar-refractivity contribution in [2.75, 3.05) is 39.6 Å². The Kier molecular flexibility index (Phi) is 41.5. The third kappa shape index (κ3) is 27.2. The number of aliphatic hydroxyl groups is 16. The zero-order chi connectivity index (χ0) is 75.9. The molecule has 0 aromatic carbocycles. The van der Waals surface area contributed by atoms with Crippen molar-refractivity contribution in [3.63, 3.8) is 0 Å². The predicted octanol–water partition coefficient (Wildman–Crippen LogP) is -1.29. The number of ether oxygens (including phenoxy) is 10. The Morgan fingerprint density at radius 1 is 0.495 bits per heavy atom. The van der Waals surface area contributed by atoms with Gasteiger partial charge in [-0.05, 0) is 19.8 Å². The summed E-state index contributed by atoms with van der Waals surface area (Å²) < 4.78 is 60.3. The third-order valence-electron chi connectivity index (χ3n) is 20.2. The fourth-order valence-electron chi connectivity index (χ4n) is 14.2. The van der Waals surface area contributed by atoms with Crippen molar-refractivity contribution in [1.82, 2.24) is 10.6 Å². The molecule has 5 aliphatic heterocycles. The molecule has 5 rings (SSSR count). The van der Waals surface area contributed by atoms with Crippen molar-refractivity contribution in [3.05, 3.63) is 0 Å². The molecule has 5 saturated heterocycles. The number of nitrogens with one attached hydrogen (secondary N) is 2. The smallest absolute Gasteiger partial charge is 0.364 e. The van der Waals surface area contributed by atoms with E-state index in [0.717, 1.165) is 78.1 Å². The molecule has 5 heterocycles. The molecule has 0 saturated carbocycles. The van der Waals surface area contributed by atoms with Crippen LogP contribution in [0.25, 0.3) is 0 Å². The lowest BCUT2D eigenvalue weighted by atomic mass is 9.86. The van der Waals surface area contributed by atoms with Gasteiger partial charge >= 0.3 is 5.97 Å². The summed E-state index contributed by atoms with van der Waals surface area (Å²) in [6.45, 7) is 0.560. The second-order valence-corrected chi connectivity index (χ2v) is 28.6. The van der Waals surface area contributed by atoms with Crippen molar-refractivity contribution >= 4 is 23.6 Å². The van der Waals surface area contributed by atoms with Crippen LogP contribution in [-0.2, 0) is 66.5 Å². The van der Waals surface area contributed by atoms with E-state index in [4.69, 9.17) is 47.4 Å². The number of hydrogen-bond donors (Lipinski definition) is 19. The normalized spacial score (nSPS) is 35.4. The van der Waals surface area contributed by atoms with Crippen molar-refractivity contribution in [1.29, 1.82) is 0 Å². The van der Waals surface area contributed by atoms with Crippen molar-refractivity contribution in [3.8, 4) is 0 Å². The zero-order valence-electron chi connectivity index (χ0n) is 60.4. The van der Waals surface area contributed by atoms with Gasteiger partial charge in [-0.1, -0.05) is 162 Å². The van der Waals surface area contributed by atoms with E-state index in [2.05, 4.69) is 24.5 Å². The highest BCUT2D eigenvalue weighted by Crippen LogP contribution is 2.42. The molecule has 1 unspecified atom stereocenters. The minimum atomic E-state index is -3.36. The molecule has 2 amide bonds. The number of carboxylic acids is 1. The van der Waals surface area contributed by atoms with Gasteiger partial charge in [-0.25, -0.2) is 4.79 Å². The van der Waals surface area contributed by atoms with Crippen LogP contribution in [0, 0.1) is 5.92 Å². The van der Waals surface area contributed by atoms with Gasteiger partial charge in [0.05, 0.1) is 70.0 Å². The first-order valence-electron chi connectivity index (χ1n) is 37.6. The number of aliphatic carboxylic acids is 1.